The zero-order valence-corrected chi connectivity index (χ0v) is 25.8. The van der Waals surface area contributed by atoms with E-state index in [0.29, 0.717) is 0 Å². The Labute approximate surface area is 253 Å². The number of pyridine rings is 1. The molecule has 4 nitrogen and oxygen atoms in total. The molecule has 5 heteroatoms. The summed E-state index contributed by atoms with van der Waals surface area (Å²) >= 11 is 0. The third-order valence-corrected chi connectivity index (χ3v) is 7.72. The summed E-state index contributed by atoms with van der Waals surface area (Å²) in [6.45, 7) is 6.24. The fourth-order valence-corrected chi connectivity index (χ4v) is 5.54. The molecule has 0 atom stereocenters. The maximum atomic E-state index is 4.41. The molecule has 0 spiro atoms. The number of para-hydroxylation sites is 2. The van der Waals surface area contributed by atoms with Gasteiger partial charge in [0.15, 0.2) is 0 Å². The van der Waals surface area contributed by atoms with Crippen LogP contribution in [0.15, 0.2) is 97.5 Å². The Bertz CT molecular complexity index is 2150. The molecular weight excluding hydrogens is 681 g/mol. The molecule has 200 valence electrons. The van der Waals surface area contributed by atoms with E-state index >= 15 is 0 Å². The zero-order valence-electron chi connectivity index (χ0n) is 23.4. The van der Waals surface area contributed by atoms with Crippen LogP contribution in [0.1, 0.15) is 16.7 Å². The van der Waals surface area contributed by atoms with E-state index in [4.69, 9.17) is 0 Å². The molecule has 4 aromatic heterocycles. The molecule has 0 N–H and O–H groups in total. The van der Waals surface area contributed by atoms with Gasteiger partial charge in [-0.05, 0) is 42.2 Å². The molecular formula is C36H28IrN4+. The number of imidazole rings is 1. The van der Waals surface area contributed by atoms with Gasteiger partial charge >= 0.3 is 20.1 Å². The quantitative estimate of drug-likeness (QED) is 0.135. The molecule has 0 amide bonds. The molecule has 0 aliphatic rings. The van der Waals surface area contributed by atoms with Gasteiger partial charge in [-0.2, -0.15) is 18.2 Å². The van der Waals surface area contributed by atoms with Gasteiger partial charge in [-0.3, -0.25) is 0 Å². The van der Waals surface area contributed by atoms with Crippen LogP contribution in [0.25, 0.3) is 55.0 Å². The number of aryl methyl sites for hydroxylation is 4. The van der Waals surface area contributed by atoms with E-state index < -0.39 is 0 Å². The maximum absolute atomic E-state index is 4.41. The van der Waals surface area contributed by atoms with Crippen LogP contribution in [0.3, 0.4) is 0 Å². The molecule has 0 unspecified atom stereocenters. The molecule has 0 saturated carbocycles. The Morgan fingerprint density at radius 2 is 1.54 bits per heavy atom. The Hall–Kier alpha value is -4.31. The zero-order chi connectivity index (χ0) is 27.4. The molecule has 41 heavy (non-hydrogen) atoms. The number of hydrogen-bond donors (Lipinski definition) is 0. The molecule has 4 heterocycles. The van der Waals surface area contributed by atoms with E-state index in [9.17, 15) is 0 Å². The van der Waals surface area contributed by atoms with Crippen LogP contribution in [0.4, 0.5) is 0 Å². The van der Waals surface area contributed by atoms with Gasteiger partial charge < -0.3 is 18.5 Å². The van der Waals surface area contributed by atoms with Gasteiger partial charge in [0.25, 0.3) is 0 Å². The van der Waals surface area contributed by atoms with Crippen molar-refractivity contribution in [2.75, 3.05) is 0 Å². The predicted octanol–water partition coefficient (Wildman–Crippen LogP) is 7.52. The second-order valence-corrected chi connectivity index (χ2v) is 10.5. The number of benzene rings is 4. The van der Waals surface area contributed by atoms with E-state index in [0.717, 1.165) is 16.9 Å². The van der Waals surface area contributed by atoms with Crippen LogP contribution < -0.4 is 4.57 Å². The summed E-state index contributed by atoms with van der Waals surface area (Å²) in [7, 11) is 1.98. The van der Waals surface area contributed by atoms with Gasteiger partial charge in [0, 0.05) is 40.4 Å². The summed E-state index contributed by atoms with van der Waals surface area (Å²) in [4.78, 5) is 4.41. The van der Waals surface area contributed by atoms with E-state index in [1.807, 2.05) is 46.9 Å². The third-order valence-electron chi connectivity index (χ3n) is 7.72. The Morgan fingerprint density at radius 1 is 0.780 bits per heavy atom. The molecule has 8 rings (SSSR count). The van der Waals surface area contributed by atoms with Crippen LogP contribution in [0, 0.1) is 39.2 Å². The Balaban J connectivity index is 0.000000164. The molecule has 0 radical (unpaired) electrons. The van der Waals surface area contributed by atoms with Crippen molar-refractivity contribution in [3.63, 3.8) is 0 Å². The van der Waals surface area contributed by atoms with Crippen molar-refractivity contribution in [3.8, 4) is 16.9 Å². The van der Waals surface area contributed by atoms with Gasteiger partial charge in [0.1, 0.15) is 0 Å². The monoisotopic (exact) mass is 709 g/mol. The van der Waals surface area contributed by atoms with Gasteiger partial charge in [0.2, 0.25) is 6.33 Å². The molecule has 0 fully saturated rings. The largest absolute Gasteiger partial charge is 3.00 e. The first-order chi connectivity index (χ1) is 19.5. The van der Waals surface area contributed by atoms with Crippen LogP contribution >= 0.6 is 0 Å². The van der Waals surface area contributed by atoms with Crippen molar-refractivity contribution in [1.82, 2.24) is 14.0 Å². The first-order valence-electron chi connectivity index (χ1n) is 13.5. The van der Waals surface area contributed by atoms with E-state index in [-0.39, 0.29) is 20.1 Å². The summed E-state index contributed by atoms with van der Waals surface area (Å²) in [6.07, 6.45) is 9.25. The van der Waals surface area contributed by atoms with Crippen LogP contribution in [0.5, 0.6) is 0 Å². The number of hydrogen-bond acceptors (Lipinski definition) is 1. The fourth-order valence-electron chi connectivity index (χ4n) is 5.54. The fraction of sp³-hybridized carbons (Fsp3) is 0.111. The summed E-state index contributed by atoms with van der Waals surface area (Å²) in [5.74, 6) is 0. The number of fused-ring (bicyclic) bond motifs is 6. The minimum atomic E-state index is 0. The average molecular weight is 709 g/mol. The molecule has 0 saturated heterocycles. The van der Waals surface area contributed by atoms with Crippen molar-refractivity contribution in [2.24, 2.45) is 7.05 Å². The number of aromatic nitrogens is 4. The first kappa shape index (κ1) is 26.9. The van der Waals surface area contributed by atoms with Crippen LogP contribution in [-0.4, -0.2) is 14.0 Å². The van der Waals surface area contributed by atoms with Gasteiger partial charge in [0.05, 0.1) is 7.05 Å². The van der Waals surface area contributed by atoms with E-state index in [1.54, 1.807) is 0 Å². The second kappa shape index (κ2) is 10.6. The number of rotatable bonds is 2. The Kier molecular flexibility index (Phi) is 6.94. The van der Waals surface area contributed by atoms with Crippen molar-refractivity contribution in [1.29, 1.82) is 0 Å². The van der Waals surface area contributed by atoms with Gasteiger partial charge in [-0.15, -0.1) is 40.8 Å². The molecule has 0 bridgehead atoms. The van der Waals surface area contributed by atoms with E-state index in [1.165, 1.54) is 54.8 Å². The van der Waals surface area contributed by atoms with Crippen molar-refractivity contribution < 1.29 is 24.7 Å². The van der Waals surface area contributed by atoms with Crippen LogP contribution in [-0.2, 0) is 27.2 Å². The minimum absolute atomic E-state index is 0. The normalized spacial score (nSPS) is 11.2. The SMILES string of the molecule is C[n+]1[c-]n(-c2[c-]ccc3c4cccc5c6ccccc6n(c23)c54)cc1.Cc1c[c-]c(-c2cc(C)c(C)cn2)cc1.[Ir+3]. The van der Waals surface area contributed by atoms with Gasteiger partial charge in [-0.25, -0.2) is 0 Å². The summed E-state index contributed by atoms with van der Waals surface area (Å²) in [5, 5.41) is 5.14. The second-order valence-electron chi connectivity index (χ2n) is 10.5. The molecule has 0 aliphatic carbocycles. The topological polar surface area (TPSA) is 26.1 Å². The molecule has 8 aromatic rings. The van der Waals surface area contributed by atoms with Crippen molar-refractivity contribution >= 4 is 38.1 Å². The molecule has 4 aromatic carbocycles. The number of nitrogens with zero attached hydrogens (tertiary/aromatic N) is 4. The maximum Gasteiger partial charge on any atom is 3.00 e. The van der Waals surface area contributed by atoms with Gasteiger partial charge in [-0.1, -0.05) is 60.5 Å². The summed E-state index contributed by atoms with van der Waals surface area (Å²) < 4.78 is 6.33. The van der Waals surface area contributed by atoms with Crippen molar-refractivity contribution in [2.45, 2.75) is 20.8 Å². The minimum Gasteiger partial charge on any atom is -0.369 e. The summed E-state index contributed by atoms with van der Waals surface area (Å²) in [5.41, 5.74) is 10.5. The average Bonchev–Trinajstić information content (AvgIpc) is 3.66. The standard InChI is InChI=1S/C22H14N3.C14H14N.Ir/c1-23-12-13-24(14-23)20-11-5-9-18-17-8-4-7-16-15-6-2-3-10-19(15)25(21(16)17)22(18)20;1-10-4-6-13(7-5-10)14-8-11(2)12(3)9-15-14;/h2-10,12-13H,1H3;4-6,8-9H,1-3H3;/q2*-1;+3. The van der Waals surface area contributed by atoms with Crippen molar-refractivity contribution in [3.05, 3.63) is 133 Å². The third kappa shape index (κ3) is 4.52. The van der Waals surface area contributed by atoms with E-state index in [2.05, 4.69) is 115 Å². The smallest absolute Gasteiger partial charge is 0.369 e. The first-order valence-corrected chi connectivity index (χ1v) is 13.5. The molecule has 0 aliphatic heterocycles. The predicted molar refractivity (Wildman–Crippen MR) is 162 cm³/mol. The van der Waals surface area contributed by atoms with Crippen LogP contribution in [0.2, 0.25) is 0 Å². The Morgan fingerprint density at radius 3 is 2.27 bits per heavy atom. The summed E-state index contributed by atoms with van der Waals surface area (Å²) in [6, 6.07) is 34.3.